The number of rotatable bonds is 5. The van der Waals surface area contributed by atoms with Crippen molar-refractivity contribution in [3.05, 3.63) is 77.4 Å². The molecule has 0 saturated heterocycles. The van der Waals surface area contributed by atoms with E-state index in [9.17, 15) is 18.0 Å². The van der Waals surface area contributed by atoms with Crippen molar-refractivity contribution in [2.75, 3.05) is 5.32 Å². The SMILES string of the molecule is CC(Sc1nnc2c(Cl)cc(C(F)(F)F)cn12)C(=O)Nc1ccccc1-c1ccccc1. The Balaban J connectivity index is 1.57. The van der Waals surface area contributed by atoms with E-state index in [2.05, 4.69) is 15.5 Å². The van der Waals surface area contributed by atoms with Crippen LogP contribution in [-0.4, -0.2) is 25.8 Å². The number of pyridine rings is 1. The number of halogens is 4. The van der Waals surface area contributed by atoms with E-state index >= 15 is 0 Å². The average molecular weight is 477 g/mol. The molecule has 0 aliphatic heterocycles. The molecule has 0 fully saturated rings. The molecule has 10 heteroatoms. The number of aromatic nitrogens is 3. The minimum absolute atomic E-state index is 0.0872. The van der Waals surface area contributed by atoms with Gasteiger partial charge in [-0.1, -0.05) is 71.9 Å². The molecule has 5 nitrogen and oxygen atoms in total. The first-order valence-electron chi connectivity index (χ1n) is 9.47. The highest BCUT2D eigenvalue weighted by molar-refractivity contribution is 8.00. The molecule has 1 N–H and O–H groups in total. The highest BCUT2D eigenvalue weighted by Crippen LogP contribution is 2.34. The van der Waals surface area contributed by atoms with E-state index in [0.717, 1.165) is 39.6 Å². The van der Waals surface area contributed by atoms with Gasteiger partial charge in [0.15, 0.2) is 10.8 Å². The van der Waals surface area contributed by atoms with Gasteiger partial charge in [-0.3, -0.25) is 9.20 Å². The average Bonchev–Trinajstić information content (AvgIpc) is 3.17. The molecule has 2 aromatic heterocycles. The lowest BCUT2D eigenvalue weighted by Crippen LogP contribution is -2.23. The van der Waals surface area contributed by atoms with Crippen LogP contribution in [0.1, 0.15) is 12.5 Å². The summed E-state index contributed by atoms with van der Waals surface area (Å²) in [7, 11) is 0. The maximum absolute atomic E-state index is 13.2. The van der Waals surface area contributed by atoms with Crippen molar-refractivity contribution in [1.82, 2.24) is 14.6 Å². The number of hydrogen-bond acceptors (Lipinski definition) is 4. The number of fused-ring (bicyclic) bond motifs is 1. The van der Waals surface area contributed by atoms with Crippen LogP contribution in [0.3, 0.4) is 0 Å². The maximum atomic E-state index is 13.2. The Morgan fingerprint density at radius 2 is 1.78 bits per heavy atom. The number of amides is 1. The second-order valence-electron chi connectivity index (χ2n) is 6.91. The molecular formula is C22H16ClF3N4OS. The Morgan fingerprint density at radius 3 is 2.50 bits per heavy atom. The van der Waals surface area contributed by atoms with Crippen LogP contribution >= 0.6 is 23.4 Å². The van der Waals surface area contributed by atoms with E-state index < -0.39 is 17.0 Å². The number of anilines is 1. The normalized spacial score (nSPS) is 12.7. The van der Waals surface area contributed by atoms with E-state index in [1.807, 2.05) is 48.5 Å². The zero-order valence-electron chi connectivity index (χ0n) is 16.6. The molecule has 164 valence electrons. The van der Waals surface area contributed by atoms with Gasteiger partial charge in [-0.2, -0.15) is 13.2 Å². The van der Waals surface area contributed by atoms with Gasteiger partial charge in [-0.05, 0) is 24.6 Å². The molecular weight excluding hydrogens is 461 g/mol. The Morgan fingerprint density at radius 1 is 1.09 bits per heavy atom. The molecule has 4 rings (SSSR count). The van der Waals surface area contributed by atoms with E-state index in [1.165, 1.54) is 0 Å². The number of nitrogens with one attached hydrogen (secondary N) is 1. The molecule has 0 aliphatic carbocycles. The van der Waals surface area contributed by atoms with Crippen molar-refractivity contribution in [3.63, 3.8) is 0 Å². The second-order valence-corrected chi connectivity index (χ2v) is 8.63. The van der Waals surface area contributed by atoms with Crippen molar-refractivity contribution in [3.8, 4) is 11.1 Å². The predicted molar refractivity (Wildman–Crippen MR) is 119 cm³/mol. The molecule has 32 heavy (non-hydrogen) atoms. The molecule has 4 aromatic rings. The quantitative estimate of drug-likeness (QED) is 0.349. The Bertz CT molecular complexity index is 1280. The second kappa shape index (κ2) is 8.84. The van der Waals surface area contributed by atoms with Crippen LogP contribution in [0.2, 0.25) is 5.02 Å². The molecule has 1 atom stereocenters. The fourth-order valence-corrected chi connectivity index (χ4v) is 4.15. The monoisotopic (exact) mass is 476 g/mol. The van der Waals surface area contributed by atoms with Crippen molar-refractivity contribution >= 4 is 40.6 Å². The van der Waals surface area contributed by atoms with Crippen LogP contribution in [0.5, 0.6) is 0 Å². The van der Waals surface area contributed by atoms with Crippen LogP contribution in [-0.2, 0) is 11.0 Å². The third kappa shape index (κ3) is 4.58. The lowest BCUT2D eigenvalue weighted by Gasteiger charge is -2.15. The first-order chi connectivity index (χ1) is 15.2. The number of carbonyl (C=O) groups is 1. The van der Waals surface area contributed by atoms with Crippen LogP contribution < -0.4 is 5.32 Å². The van der Waals surface area contributed by atoms with Crippen molar-refractivity contribution in [2.24, 2.45) is 0 Å². The Labute approximate surface area is 190 Å². The highest BCUT2D eigenvalue weighted by atomic mass is 35.5. The first-order valence-corrected chi connectivity index (χ1v) is 10.7. The summed E-state index contributed by atoms with van der Waals surface area (Å²) in [6.07, 6.45) is -3.70. The Kier molecular flexibility index (Phi) is 6.12. The van der Waals surface area contributed by atoms with Gasteiger partial charge in [0, 0.05) is 17.4 Å². The molecule has 2 heterocycles. The van der Waals surface area contributed by atoms with E-state index in [4.69, 9.17) is 11.6 Å². The zero-order chi connectivity index (χ0) is 22.9. The molecule has 0 saturated carbocycles. The Hall–Kier alpha value is -3.04. The summed E-state index contributed by atoms with van der Waals surface area (Å²) in [4.78, 5) is 12.9. The summed E-state index contributed by atoms with van der Waals surface area (Å²) in [6, 6.07) is 17.8. The van der Waals surface area contributed by atoms with Gasteiger partial charge in [0.25, 0.3) is 0 Å². The predicted octanol–water partition coefficient (Wildman–Crippen LogP) is 6.19. The fraction of sp³-hybridized carbons (Fsp3) is 0.136. The van der Waals surface area contributed by atoms with E-state index in [0.29, 0.717) is 5.69 Å². The smallest absolute Gasteiger partial charge is 0.325 e. The summed E-state index contributed by atoms with van der Waals surface area (Å²) in [5, 5.41) is 9.95. The van der Waals surface area contributed by atoms with Gasteiger partial charge < -0.3 is 5.32 Å². The molecule has 1 unspecified atom stereocenters. The van der Waals surface area contributed by atoms with Crippen LogP contribution in [0.4, 0.5) is 18.9 Å². The lowest BCUT2D eigenvalue weighted by molar-refractivity contribution is -0.137. The third-order valence-corrected chi connectivity index (χ3v) is 6.01. The number of nitrogens with zero attached hydrogens (tertiary/aromatic N) is 3. The number of benzene rings is 2. The summed E-state index contributed by atoms with van der Waals surface area (Å²) < 4.78 is 40.6. The summed E-state index contributed by atoms with van der Waals surface area (Å²) >= 11 is 6.94. The number of para-hydroxylation sites is 1. The molecule has 0 aliphatic rings. The summed E-state index contributed by atoms with van der Waals surface area (Å²) in [6.45, 7) is 1.64. The molecule has 0 radical (unpaired) electrons. The largest absolute Gasteiger partial charge is 0.417 e. The minimum Gasteiger partial charge on any atom is -0.325 e. The van der Waals surface area contributed by atoms with Gasteiger partial charge >= 0.3 is 6.18 Å². The maximum Gasteiger partial charge on any atom is 0.417 e. The number of alkyl halides is 3. The van der Waals surface area contributed by atoms with Crippen molar-refractivity contribution in [2.45, 2.75) is 23.5 Å². The van der Waals surface area contributed by atoms with Gasteiger partial charge in [-0.15, -0.1) is 10.2 Å². The molecule has 0 bridgehead atoms. The van der Waals surface area contributed by atoms with Crippen molar-refractivity contribution < 1.29 is 18.0 Å². The third-order valence-electron chi connectivity index (χ3n) is 4.68. The fourth-order valence-electron chi connectivity index (χ4n) is 3.08. The van der Waals surface area contributed by atoms with Crippen LogP contribution in [0, 0.1) is 0 Å². The van der Waals surface area contributed by atoms with Gasteiger partial charge in [0.2, 0.25) is 5.91 Å². The van der Waals surface area contributed by atoms with Gasteiger partial charge in [0.05, 0.1) is 15.8 Å². The number of hydrogen-bond donors (Lipinski definition) is 1. The number of carbonyl (C=O) groups excluding carboxylic acids is 1. The minimum atomic E-state index is -4.58. The number of thioether (sulfide) groups is 1. The van der Waals surface area contributed by atoms with Crippen molar-refractivity contribution in [1.29, 1.82) is 0 Å². The topological polar surface area (TPSA) is 59.3 Å². The molecule has 0 spiro atoms. The molecule has 1 amide bonds. The summed E-state index contributed by atoms with van der Waals surface area (Å²) in [5.41, 5.74) is 1.59. The first kappa shape index (κ1) is 22.2. The van der Waals surface area contributed by atoms with E-state index in [-0.39, 0.29) is 21.7 Å². The lowest BCUT2D eigenvalue weighted by atomic mass is 10.0. The van der Waals surface area contributed by atoms with Gasteiger partial charge in [0.1, 0.15) is 0 Å². The standard InChI is InChI=1S/C22H16ClF3N4OS/c1-13(20(31)27-18-10-6-5-9-16(18)14-7-3-2-4-8-14)32-21-29-28-19-17(23)11-15(12-30(19)21)22(24,25)26/h2-13H,1H3,(H,27,31). The zero-order valence-corrected chi connectivity index (χ0v) is 18.2. The van der Waals surface area contributed by atoms with Gasteiger partial charge in [-0.25, -0.2) is 0 Å². The van der Waals surface area contributed by atoms with E-state index in [1.54, 1.807) is 13.0 Å². The molecule has 2 aromatic carbocycles. The van der Waals surface area contributed by atoms with Crippen LogP contribution in [0.25, 0.3) is 16.8 Å². The highest BCUT2D eigenvalue weighted by Gasteiger charge is 2.32. The summed E-state index contributed by atoms with van der Waals surface area (Å²) in [5.74, 6) is -0.326. The van der Waals surface area contributed by atoms with Crippen LogP contribution in [0.15, 0.2) is 72.0 Å².